The summed E-state index contributed by atoms with van der Waals surface area (Å²) >= 11 is 0. The van der Waals surface area contributed by atoms with E-state index in [2.05, 4.69) is 37.3 Å². The van der Waals surface area contributed by atoms with Crippen LogP contribution in [-0.4, -0.2) is 35.8 Å². The minimum absolute atomic E-state index is 0.173. The van der Waals surface area contributed by atoms with Crippen molar-refractivity contribution in [1.82, 2.24) is 29.7 Å². The molecule has 0 radical (unpaired) electrons. The zero-order chi connectivity index (χ0) is 13.9. The third-order valence-electron chi connectivity index (χ3n) is 3.73. The molecule has 0 amide bonds. The van der Waals surface area contributed by atoms with Gasteiger partial charge in [-0.3, -0.25) is 0 Å². The number of rotatable bonds is 4. The van der Waals surface area contributed by atoms with Gasteiger partial charge in [0.1, 0.15) is 12.7 Å². The van der Waals surface area contributed by atoms with E-state index in [4.69, 9.17) is 5.73 Å². The maximum absolute atomic E-state index is 5.73. The zero-order valence-electron chi connectivity index (χ0n) is 11.4. The monoisotopic (exact) mass is 274 g/mol. The number of nitrogens with two attached hydrogens (primary N) is 1. The van der Waals surface area contributed by atoms with E-state index in [0.717, 1.165) is 0 Å². The lowest BCUT2D eigenvalue weighted by Gasteiger charge is -2.20. The Hall–Kier alpha value is -2.25. The fraction of sp³-hybridized carbons (Fsp3) is 0.583. The molecule has 0 saturated heterocycles. The highest BCUT2D eigenvalue weighted by Crippen LogP contribution is 2.28. The Kier molecular flexibility index (Phi) is 3.44. The predicted octanol–water partition coefficient (Wildman–Crippen LogP) is 1.03. The molecular formula is C12H18N8. The third-order valence-corrected chi connectivity index (χ3v) is 3.73. The van der Waals surface area contributed by atoms with Gasteiger partial charge in [-0.2, -0.15) is 24.7 Å². The molecule has 0 aromatic carbocycles. The molecule has 106 valence electrons. The molecule has 8 nitrogen and oxygen atoms in total. The lowest BCUT2D eigenvalue weighted by molar-refractivity contribution is 0.479. The Morgan fingerprint density at radius 3 is 2.80 bits per heavy atom. The standard InChI is InChI=1S/C12H18N8/c1-8(9-4-2-3-5-9)16-11-17-10(13)18-12(19-11)20-7-14-6-15-20/h6-9H,2-5H2,1H3,(H3,13,16,17,18,19). The smallest absolute Gasteiger partial charge is 0.258 e. The van der Waals surface area contributed by atoms with Crippen LogP contribution in [0.5, 0.6) is 0 Å². The normalized spacial score (nSPS) is 17.2. The Bertz CT molecular complexity index is 561. The van der Waals surface area contributed by atoms with E-state index in [9.17, 15) is 0 Å². The number of nitrogens with zero attached hydrogens (tertiary/aromatic N) is 6. The second-order valence-corrected chi connectivity index (χ2v) is 5.13. The van der Waals surface area contributed by atoms with E-state index in [1.807, 2.05) is 0 Å². The number of anilines is 2. The van der Waals surface area contributed by atoms with Crippen LogP contribution >= 0.6 is 0 Å². The summed E-state index contributed by atoms with van der Waals surface area (Å²) in [6.45, 7) is 2.16. The molecule has 20 heavy (non-hydrogen) atoms. The van der Waals surface area contributed by atoms with E-state index >= 15 is 0 Å². The molecule has 2 aromatic heterocycles. The van der Waals surface area contributed by atoms with E-state index < -0.39 is 0 Å². The van der Waals surface area contributed by atoms with Gasteiger partial charge in [0, 0.05) is 6.04 Å². The van der Waals surface area contributed by atoms with Crippen molar-refractivity contribution in [3.63, 3.8) is 0 Å². The first-order valence-corrected chi connectivity index (χ1v) is 6.85. The molecule has 0 bridgehead atoms. The number of aromatic nitrogens is 6. The van der Waals surface area contributed by atoms with Gasteiger partial charge in [-0.05, 0) is 25.7 Å². The van der Waals surface area contributed by atoms with Crippen LogP contribution in [0.2, 0.25) is 0 Å². The van der Waals surface area contributed by atoms with E-state index in [0.29, 0.717) is 23.9 Å². The van der Waals surface area contributed by atoms with Crippen molar-refractivity contribution in [2.75, 3.05) is 11.1 Å². The summed E-state index contributed by atoms with van der Waals surface area (Å²) in [4.78, 5) is 16.4. The molecule has 2 aromatic rings. The number of hydrogen-bond donors (Lipinski definition) is 2. The van der Waals surface area contributed by atoms with Crippen molar-refractivity contribution >= 4 is 11.9 Å². The van der Waals surface area contributed by atoms with Crippen LogP contribution in [0.1, 0.15) is 32.6 Å². The number of nitrogens with one attached hydrogen (secondary N) is 1. The van der Waals surface area contributed by atoms with Gasteiger partial charge in [-0.1, -0.05) is 12.8 Å². The maximum atomic E-state index is 5.73. The van der Waals surface area contributed by atoms with Crippen molar-refractivity contribution < 1.29 is 0 Å². The number of nitrogen functional groups attached to an aromatic ring is 1. The van der Waals surface area contributed by atoms with E-state index in [-0.39, 0.29) is 5.95 Å². The van der Waals surface area contributed by atoms with Gasteiger partial charge in [-0.25, -0.2) is 4.98 Å². The maximum Gasteiger partial charge on any atom is 0.258 e. The molecule has 1 aliphatic carbocycles. The predicted molar refractivity (Wildman–Crippen MR) is 74.2 cm³/mol. The molecule has 1 fully saturated rings. The average Bonchev–Trinajstić information content (AvgIpc) is 3.12. The summed E-state index contributed by atoms with van der Waals surface area (Å²) in [6.07, 6.45) is 8.07. The average molecular weight is 274 g/mol. The fourth-order valence-electron chi connectivity index (χ4n) is 2.64. The van der Waals surface area contributed by atoms with Crippen LogP contribution in [0.4, 0.5) is 11.9 Å². The summed E-state index contributed by atoms with van der Waals surface area (Å²) in [6, 6.07) is 0.322. The summed E-state index contributed by atoms with van der Waals surface area (Å²) in [5.74, 6) is 1.70. The largest absolute Gasteiger partial charge is 0.368 e. The fourth-order valence-corrected chi connectivity index (χ4v) is 2.64. The van der Waals surface area contributed by atoms with E-state index in [1.54, 1.807) is 0 Å². The highest BCUT2D eigenvalue weighted by atomic mass is 15.4. The summed E-state index contributed by atoms with van der Waals surface area (Å²) in [5, 5.41) is 7.32. The van der Waals surface area contributed by atoms with Crippen LogP contribution in [0.25, 0.3) is 5.95 Å². The second kappa shape index (κ2) is 5.40. The van der Waals surface area contributed by atoms with Gasteiger partial charge in [-0.15, -0.1) is 0 Å². The zero-order valence-corrected chi connectivity index (χ0v) is 11.4. The van der Waals surface area contributed by atoms with Gasteiger partial charge in [0.25, 0.3) is 5.95 Å². The van der Waals surface area contributed by atoms with Crippen LogP contribution in [0, 0.1) is 5.92 Å². The quantitative estimate of drug-likeness (QED) is 0.857. The Morgan fingerprint density at radius 1 is 1.30 bits per heavy atom. The lowest BCUT2D eigenvalue weighted by Crippen LogP contribution is -2.25. The van der Waals surface area contributed by atoms with Crippen LogP contribution < -0.4 is 11.1 Å². The van der Waals surface area contributed by atoms with Gasteiger partial charge in [0.05, 0.1) is 0 Å². The van der Waals surface area contributed by atoms with Crippen LogP contribution in [0.3, 0.4) is 0 Å². The number of hydrogen-bond acceptors (Lipinski definition) is 7. The summed E-state index contributed by atoms with van der Waals surface area (Å²) in [5.41, 5.74) is 5.73. The molecule has 1 saturated carbocycles. The highest BCUT2D eigenvalue weighted by molar-refractivity contribution is 5.35. The molecular weight excluding hydrogens is 256 g/mol. The molecule has 1 unspecified atom stereocenters. The van der Waals surface area contributed by atoms with Crippen LogP contribution in [-0.2, 0) is 0 Å². The Labute approximate surface area is 116 Å². The third kappa shape index (κ3) is 2.68. The van der Waals surface area contributed by atoms with Crippen molar-refractivity contribution in [1.29, 1.82) is 0 Å². The molecule has 1 atom stereocenters. The van der Waals surface area contributed by atoms with Crippen molar-refractivity contribution in [3.8, 4) is 5.95 Å². The van der Waals surface area contributed by atoms with Gasteiger partial charge < -0.3 is 11.1 Å². The van der Waals surface area contributed by atoms with E-state index in [1.165, 1.54) is 43.0 Å². The molecule has 0 spiro atoms. The van der Waals surface area contributed by atoms with Gasteiger partial charge in [0.2, 0.25) is 11.9 Å². The first kappa shape index (κ1) is 12.8. The molecule has 3 rings (SSSR count). The van der Waals surface area contributed by atoms with Crippen molar-refractivity contribution in [3.05, 3.63) is 12.7 Å². The lowest BCUT2D eigenvalue weighted by atomic mass is 10.0. The first-order valence-electron chi connectivity index (χ1n) is 6.85. The molecule has 3 N–H and O–H groups in total. The Morgan fingerprint density at radius 2 is 2.10 bits per heavy atom. The molecule has 2 heterocycles. The minimum atomic E-state index is 0.173. The SMILES string of the molecule is CC(Nc1nc(N)nc(-n2cncn2)n1)C1CCCC1. The van der Waals surface area contributed by atoms with Crippen LogP contribution in [0.15, 0.2) is 12.7 Å². The van der Waals surface area contributed by atoms with Crippen molar-refractivity contribution in [2.24, 2.45) is 5.92 Å². The second-order valence-electron chi connectivity index (χ2n) is 5.13. The minimum Gasteiger partial charge on any atom is -0.368 e. The Balaban J connectivity index is 1.79. The molecule has 1 aliphatic rings. The molecule has 8 heteroatoms. The van der Waals surface area contributed by atoms with Gasteiger partial charge in [0.15, 0.2) is 0 Å². The van der Waals surface area contributed by atoms with Crippen molar-refractivity contribution in [2.45, 2.75) is 38.6 Å². The summed E-state index contributed by atoms with van der Waals surface area (Å²) in [7, 11) is 0. The topological polar surface area (TPSA) is 107 Å². The summed E-state index contributed by atoms with van der Waals surface area (Å²) < 4.78 is 1.46. The first-order chi connectivity index (χ1) is 9.72. The van der Waals surface area contributed by atoms with Gasteiger partial charge >= 0.3 is 0 Å². The highest BCUT2D eigenvalue weighted by Gasteiger charge is 2.22. The molecule has 0 aliphatic heterocycles.